The molecule has 250 valence electrons. The van der Waals surface area contributed by atoms with Gasteiger partial charge in [-0.15, -0.1) is 0 Å². The third kappa shape index (κ3) is 10.7. The molecule has 0 radical (unpaired) electrons. The maximum atomic E-state index is 13.6. The number of ether oxygens (including phenoxy) is 1. The zero-order valence-corrected chi connectivity index (χ0v) is 28.3. The number of rotatable bonds is 14. The summed E-state index contributed by atoms with van der Waals surface area (Å²) in [5.41, 5.74) is 1.60. The van der Waals surface area contributed by atoms with Crippen LogP contribution in [0.4, 0.5) is 4.79 Å². The van der Waals surface area contributed by atoms with Crippen molar-refractivity contribution in [3.63, 3.8) is 0 Å². The third-order valence-corrected chi connectivity index (χ3v) is 7.63. The van der Waals surface area contributed by atoms with Crippen LogP contribution in [0.25, 0.3) is 10.8 Å². The van der Waals surface area contributed by atoms with E-state index < -0.39 is 17.7 Å². The van der Waals surface area contributed by atoms with Crippen LogP contribution in [0.2, 0.25) is 0 Å². The average molecular weight is 641 g/mol. The standard InChI is InChI=1S/C37H48N6O4/c1-25(2)38-20-10-15-32(35(45)41-26(3)30-14-9-12-28-11-7-8-13-31(28)30)42-34(44)29-18-16-27(17-19-29)23-43(24-33-39-21-22-40-33)36(46)47-37(4,5)6/h7-9,11-14,16-19,21-22,25-26,32,38H,10,15,20,23-24H2,1-6H3,(H,39,40)(H,41,45)(H,42,44)/t26?,32-/m0/s1. The number of aromatic nitrogens is 2. The number of hydrogen-bond donors (Lipinski definition) is 4. The molecular weight excluding hydrogens is 592 g/mol. The molecule has 10 heteroatoms. The molecular formula is C37H48N6O4. The smallest absolute Gasteiger partial charge is 0.410 e. The molecule has 47 heavy (non-hydrogen) atoms. The Bertz CT molecular complexity index is 1610. The van der Waals surface area contributed by atoms with Crippen LogP contribution in [0.5, 0.6) is 0 Å². The highest BCUT2D eigenvalue weighted by atomic mass is 16.6. The predicted octanol–water partition coefficient (Wildman–Crippen LogP) is 6.25. The molecule has 2 atom stereocenters. The van der Waals surface area contributed by atoms with Gasteiger partial charge >= 0.3 is 6.09 Å². The summed E-state index contributed by atoms with van der Waals surface area (Å²) in [6.07, 6.45) is 4.07. The number of hydrogen-bond acceptors (Lipinski definition) is 6. The van der Waals surface area contributed by atoms with E-state index in [-0.39, 0.29) is 30.9 Å². The molecule has 0 saturated heterocycles. The summed E-state index contributed by atoms with van der Waals surface area (Å²) in [4.78, 5) is 48.9. The van der Waals surface area contributed by atoms with Crippen LogP contribution < -0.4 is 16.0 Å². The second-order valence-electron chi connectivity index (χ2n) is 13.1. The predicted molar refractivity (Wildman–Crippen MR) is 185 cm³/mol. The fraction of sp³-hybridized carbons (Fsp3) is 0.405. The molecule has 3 aromatic carbocycles. The Morgan fingerprint density at radius 1 is 0.915 bits per heavy atom. The van der Waals surface area contributed by atoms with Crippen molar-refractivity contribution in [3.05, 3.63) is 102 Å². The highest BCUT2D eigenvalue weighted by molar-refractivity contribution is 5.97. The Hall–Kier alpha value is -4.70. The Balaban J connectivity index is 1.45. The van der Waals surface area contributed by atoms with Gasteiger partial charge in [-0.2, -0.15) is 0 Å². The lowest BCUT2D eigenvalue weighted by Crippen LogP contribution is -2.47. The first-order valence-electron chi connectivity index (χ1n) is 16.3. The van der Waals surface area contributed by atoms with Crippen molar-refractivity contribution in [1.82, 2.24) is 30.8 Å². The van der Waals surface area contributed by atoms with Crippen LogP contribution in [0.15, 0.2) is 79.1 Å². The highest BCUT2D eigenvalue weighted by Crippen LogP contribution is 2.24. The Labute approximate surface area is 277 Å². The van der Waals surface area contributed by atoms with Gasteiger partial charge in [-0.3, -0.25) is 14.5 Å². The lowest BCUT2D eigenvalue weighted by Gasteiger charge is -2.27. The van der Waals surface area contributed by atoms with E-state index in [4.69, 9.17) is 4.74 Å². The fourth-order valence-electron chi connectivity index (χ4n) is 5.29. The number of carbonyl (C=O) groups excluding carboxylic acids is 3. The molecule has 0 saturated carbocycles. The van der Waals surface area contributed by atoms with Crippen molar-refractivity contribution in [2.24, 2.45) is 0 Å². The molecule has 4 rings (SSSR count). The van der Waals surface area contributed by atoms with Crippen molar-refractivity contribution in [2.45, 2.75) is 91.2 Å². The SMILES string of the molecule is CC(C)NCCC[C@H](NC(=O)c1ccc(CN(Cc2ncc[nH]2)C(=O)OC(C)(C)C)cc1)C(=O)NC(C)c1cccc2ccccc12. The molecule has 4 aromatic rings. The molecule has 3 amide bonds. The van der Waals surface area contributed by atoms with Crippen molar-refractivity contribution in [1.29, 1.82) is 0 Å². The fourth-order valence-corrected chi connectivity index (χ4v) is 5.29. The first-order valence-corrected chi connectivity index (χ1v) is 16.3. The summed E-state index contributed by atoms with van der Waals surface area (Å²) >= 11 is 0. The molecule has 0 aliphatic rings. The second-order valence-corrected chi connectivity index (χ2v) is 13.1. The van der Waals surface area contributed by atoms with Gasteiger partial charge in [0.15, 0.2) is 0 Å². The zero-order valence-electron chi connectivity index (χ0n) is 28.3. The van der Waals surface area contributed by atoms with E-state index >= 15 is 0 Å². The second kappa shape index (κ2) is 16.2. The van der Waals surface area contributed by atoms with Gasteiger partial charge in [0.2, 0.25) is 5.91 Å². The normalized spacial score (nSPS) is 12.8. The largest absolute Gasteiger partial charge is 0.444 e. The first kappa shape index (κ1) is 35.2. The van der Waals surface area contributed by atoms with Gasteiger partial charge in [-0.05, 0) is 81.1 Å². The van der Waals surface area contributed by atoms with Gasteiger partial charge < -0.3 is 25.7 Å². The van der Waals surface area contributed by atoms with E-state index in [1.54, 1.807) is 41.6 Å². The average Bonchev–Trinajstić information content (AvgIpc) is 3.54. The van der Waals surface area contributed by atoms with Crippen molar-refractivity contribution < 1.29 is 19.1 Å². The van der Waals surface area contributed by atoms with Crippen LogP contribution in [0, 0.1) is 0 Å². The molecule has 0 bridgehead atoms. The van der Waals surface area contributed by atoms with E-state index in [1.165, 1.54) is 0 Å². The molecule has 0 fully saturated rings. The minimum atomic E-state index is -0.718. The highest BCUT2D eigenvalue weighted by Gasteiger charge is 2.25. The molecule has 4 N–H and O–H groups in total. The van der Waals surface area contributed by atoms with Crippen LogP contribution >= 0.6 is 0 Å². The molecule has 10 nitrogen and oxygen atoms in total. The van der Waals surface area contributed by atoms with E-state index in [1.807, 2.05) is 52.0 Å². The topological polar surface area (TPSA) is 128 Å². The Morgan fingerprint density at radius 2 is 1.64 bits per heavy atom. The number of H-pyrrole nitrogens is 1. The maximum Gasteiger partial charge on any atom is 0.410 e. The van der Waals surface area contributed by atoms with Gasteiger partial charge in [0, 0.05) is 30.5 Å². The van der Waals surface area contributed by atoms with Crippen molar-refractivity contribution in [3.8, 4) is 0 Å². The summed E-state index contributed by atoms with van der Waals surface area (Å²) in [6.45, 7) is 12.8. The number of amides is 3. The zero-order chi connectivity index (χ0) is 34.0. The number of imidazole rings is 1. The molecule has 0 aliphatic carbocycles. The number of nitrogens with zero attached hydrogens (tertiary/aromatic N) is 2. The van der Waals surface area contributed by atoms with Gasteiger partial charge in [-0.1, -0.05) is 68.4 Å². The van der Waals surface area contributed by atoms with Gasteiger partial charge in [0.1, 0.15) is 17.5 Å². The minimum absolute atomic E-state index is 0.231. The monoisotopic (exact) mass is 640 g/mol. The van der Waals surface area contributed by atoms with Crippen molar-refractivity contribution in [2.75, 3.05) is 6.54 Å². The number of fused-ring (bicyclic) bond motifs is 1. The van der Waals surface area contributed by atoms with Gasteiger partial charge in [0.05, 0.1) is 12.6 Å². The van der Waals surface area contributed by atoms with Crippen LogP contribution in [-0.4, -0.2) is 57.0 Å². The summed E-state index contributed by atoms with van der Waals surface area (Å²) < 4.78 is 5.62. The lowest BCUT2D eigenvalue weighted by atomic mass is 9.99. The van der Waals surface area contributed by atoms with Gasteiger partial charge in [-0.25, -0.2) is 9.78 Å². The Morgan fingerprint density at radius 3 is 2.32 bits per heavy atom. The summed E-state index contributed by atoms with van der Waals surface area (Å²) in [5, 5.41) is 11.7. The summed E-state index contributed by atoms with van der Waals surface area (Å²) in [6, 6.07) is 20.5. The molecule has 1 aromatic heterocycles. The number of carbonyl (C=O) groups is 3. The number of aromatic amines is 1. The number of benzene rings is 3. The van der Waals surface area contributed by atoms with Crippen LogP contribution in [0.1, 0.15) is 87.7 Å². The minimum Gasteiger partial charge on any atom is -0.444 e. The van der Waals surface area contributed by atoms with E-state index in [0.717, 1.165) is 28.4 Å². The van der Waals surface area contributed by atoms with E-state index in [0.29, 0.717) is 30.3 Å². The van der Waals surface area contributed by atoms with E-state index in [9.17, 15) is 14.4 Å². The molecule has 0 aliphatic heterocycles. The maximum absolute atomic E-state index is 13.6. The first-order chi connectivity index (χ1) is 22.4. The van der Waals surface area contributed by atoms with Crippen molar-refractivity contribution >= 4 is 28.7 Å². The Kier molecular flexibility index (Phi) is 12.1. The van der Waals surface area contributed by atoms with E-state index in [2.05, 4.69) is 58.0 Å². The summed E-state index contributed by atoms with van der Waals surface area (Å²) in [7, 11) is 0. The molecule has 1 unspecified atom stereocenters. The quantitative estimate of drug-likeness (QED) is 0.121. The molecule has 1 heterocycles. The third-order valence-electron chi connectivity index (χ3n) is 7.63. The van der Waals surface area contributed by atoms with Gasteiger partial charge in [0.25, 0.3) is 5.91 Å². The van der Waals surface area contributed by atoms with Crippen LogP contribution in [0.3, 0.4) is 0 Å². The summed E-state index contributed by atoms with van der Waals surface area (Å²) in [5.74, 6) is 0.0614. The lowest BCUT2D eigenvalue weighted by molar-refractivity contribution is -0.123. The number of nitrogens with one attached hydrogen (secondary N) is 4. The molecule has 0 spiro atoms. The van der Waals surface area contributed by atoms with Crippen LogP contribution in [-0.2, 0) is 22.6 Å².